The fraction of sp³-hybridized carbons (Fsp3) is 0.0667. The van der Waals surface area contributed by atoms with E-state index in [1.807, 2.05) is 0 Å². The lowest BCUT2D eigenvalue weighted by Crippen LogP contribution is -2.23. The van der Waals surface area contributed by atoms with Crippen molar-refractivity contribution in [2.45, 2.75) is 20.0 Å². The van der Waals surface area contributed by atoms with E-state index >= 15 is 0 Å². The summed E-state index contributed by atoms with van der Waals surface area (Å²) in [6, 6.07) is 60.0. The maximum atomic E-state index is 2.50. The van der Waals surface area contributed by atoms with E-state index in [1.165, 1.54) is 65.9 Å². The summed E-state index contributed by atoms with van der Waals surface area (Å²) in [5.41, 5.74) is 12.0. The summed E-state index contributed by atoms with van der Waals surface area (Å²) in [6.45, 7) is 6.97. The van der Waals surface area contributed by atoms with Gasteiger partial charge in [-0.05, 0) is 85.3 Å². The van der Waals surface area contributed by atoms with E-state index in [2.05, 4.69) is 198 Å². The Morgan fingerprint density at radius 1 is 0.449 bits per heavy atom. The molecule has 2 aromatic heterocycles. The highest BCUT2D eigenvalue weighted by molar-refractivity contribution is 6.70. The molecular formula is C45H37N3Si. The van der Waals surface area contributed by atoms with Gasteiger partial charge < -0.3 is 14.2 Å². The van der Waals surface area contributed by atoms with Gasteiger partial charge in [0.2, 0.25) is 0 Å². The summed E-state index contributed by atoms with van der Waals surface area (Å²) < 4.78 is 2.50. The highest BCUT2D eigenvalue weighted by atomic mass is 28.3. The molecule has 9 aromatic rings. The van der Waals surface area contributed by atoms with E-state index in [0.29, 0.717) is 0 Å². The van der Waals surface area contributed by atoms with Gasteiger partial charge in [-0.25, -0.2) is 0 Å². The molecule has 0 radical (unpaired) electrons. The summed E-state index contributed by atoms with van der Waals surface area (Å²) in [4.78, 5) is 4.86. The quantitative estimate of drug-likeness (QED) is 0.159. The van der Waals surface area contributed by atoms with Gasteiger partial charge in [0.15, 0.2) is 0 Å². The zero-order valence-corrected chi connectivity index (χ0v) is 29.2. The molecule has 0 bridgehead atoms. The fourth-order valence-corrected chi connectivity index (χ4v) is 8.71. The van der Waals surface area contributed by atoms with E-state index in [-0.39, 0.29) is 0 Å². The Morgan fingerprint density at radius 2 is 0.918 bits per heavy atom. The van der Waals surface area contributed by atoms with Gasteiger partial charge >= 0.3 is 0 Å². The van der Waals surface area contributed by atoms with Crippen LogP contribution in [0.4, 0.5) is 34.1 Å². The topological polar surface area (TPSA) is 10.9 Å². The van der Waals surface area contributed by atoms with Crippen molar-refractivity contribution in [2.24, 2.45) is 0 Å². The Kier molecular flexibility index (Phi) is 6.99. The number of hydrogen-bond acceptors (Lipinski definition) is 2. The van der Waals surface area contributed by atoms with Crippen LogP contribution in [0.2, 0.25) is 13.1 Å². The van der Waals surface area contributed by atoms with Gasteiger partial charge in [0.05, 0.1) is 36.7 Å². The first-order valence-electron chi connectivity index (χ1n) is 17.2. The number of nitrogens with zero attached hydrogens (tertiary/aromatic N) is 3. The number of aromatic nitrogens is 1. The zero-order valence-electron chi connectivity index (χ0n) is 28.0. The number of benzene rings is 7. The molecule has 0 fully saturated rings. The number of hydrogen-bond donors (Lipinski definition) is 0. The van der Waals surface area contributed by atoms with Crippen LogP contribution in [0.1, 0.15) is 5.56 Å². The predicted octanol–water partition coefficient (Wildman–Crippen LogP) is 11.8. The van der Waals surface area contributed by atoms with Crippen molar-refractivity contribution < 1.29 is 0 Å². The molecule has 0 aliphatic heterocycles. The Labute approximate surface area is 288 Å². The van der Waals surface area contributed by atoms with Gasteiger partial charge in [-0.15, -0.1) is 0 Å². The van der Waals surface area contributed by atoms with Gasteiger partial charge in [0, 0.05) is 44.3 Å². The first-order valence-corrected chi connectivity index (χ1v) is 20.0. The molecule has 9 rings (SSSR count). The van der Waals surface area contributed by atoms with Crippen LogP contribution in [0.15, 0.2) is 164 Å². The molecule has 2 heterocycles. The molecule has 4 heteroatoms. The first-order chi connectivity index (χ1) is 24.1. The maximum Gasteiger partial charge on any atom is 0.0648 e. The minimum absolute atomic E-state index is 1.00. The molecule has 0 saturated heterocycles. The van der Waals surface area contributed by atoms with Crippen molar-refractivity contribution in [3.05, 3.63) is 169 Å². The Morgan fingerprint density at radius 3 is 1.45 bits per heavy atom. The highest BCUT2D eigenvalue weighted by Crippen LogP contribution is 2.49. The number of para-hydroxylation sites is 3. The summed E-state index contributed by atoms with van der Waals surface area (Å²) in [5, 5.41) is 6.52. The Bertz CT molecular complexity index is 2610. The summed E-state index contributed by atoms with van der Waals surface area (Å²) in [6.07, 6.45) is 0. The smallest absolute Gasteiger partial charge is 0.0648 e. The first kappa shape index (κ1) is 29.3. The molecule has 0 N–H and O–H groups in total. The van der Waals surface area contributed by atoms with Crippen LogP contribution in [0, 0.1) is 6.92 Å². The van der Waals surface area contributed by atoms with Crippen molar-refractivity contribution in [3.63, 3.8) is 0 Å². The van der Waals surface area contributed by atoms with E-state index in [0.717, 1.165) is 17.1 Å². The van der Waals surface area contributed by atoms with Crippen LogP contribution in [-0.2, 0) is 0 Å². The van der Waals surface area contributed by atoms with Crippen LogP contribution in [0.5, 0.6) is 0 Å². The van der Waals surface area contributed by atoms with Crippen molar-refractivity contribution in [1.82, 2.24) is 4.40 Å². The number of aryl methyl sites for hydroxylation is 1. The van der Waals surface area contributed by atoms with E-state index in [1.54, 1.807) is 0 Å². The number of anilines is 6. The summed E-state index contributed by atoms with van der Waals surface area (Å²) in [7, 11) is -1.00. The second-order valence-electron chi connectivity index (χ2n) is 13.3. The van der Waals surface area contributed by atoms with Gasteiger partial charge in [0.25, 0.3) is 0 Å². The molecule has 0 aliphatic carbocycles. The van der Waals surface area contributed by atoms with Crippen molar-refractivity contribution >= 4 is 86.2 Å². The lowest BCUT2D eigenvalue weighted by Gasteiger charge is -2.27. The zero-order chi connectivity index (χ0) is 33.1. The highest BCUT2D eigenvalue weighted by Gasteiger charge is 2.25. The van der Waals surface area contributed by atoms with Crippen LogP contribution in [0.25, 0.3) is 38.1 Å². The van der Waals surface area contributed by atoms with Crippen molar-refractivity contribution in [2.75, 3.05) is 9.80 Å². The molecule has 3 nitrogen and oxygen atoms in total. The van der Waals surface area contributed by atoms with Crippen LogP contribution >= 0.6 is 0 Å². The number of fused-ring (bicyclic) bond motifs is 6. The minimum atomic E-state index is -1.00. The fourth-order valence-electron chi connectivity index (χ4n) is 7.71. The second-order valence-corrected chi connectivity index (χ2v) is 16.3. The third-order valence-electron chi connectivity index (χ3n) is 9.89. The molecule has 7 aromatic carbocycles. The third kappa shape index (κ3) is 4.71. The van der Waals surface area contributed by atoms with Crippen molar-refractivity contribution in [1.29, 1.82) is 0 Å². The molecule has 0 spiro atoms. The molecule has 0 aliphatic rings. The van der Waals surface area contributed by atoms with Gasteiger partial charge in [0.1, 0.15) is 0 Å². The lowest BCUT2D eigenvalue weighted by atomic mass is 10.0. The largest absolute Gasteiger partial charge is 0.310 e. The van der Waals surface area contributed by atoms with Crippen LogP contribution < -0.4 is 15.0 Å². The molecule has 0 unspecified atom stereocenters. The molecule has 49 heavy (non-hydrogen) atoms. The molecule has 0 saturated carbocycles. The van der Waals surface area contributed by atoms with Gasteiger partial charge in [-0.1, -0.05) is 109 Å². The number of rotatable bonds is 7. The van der Waals surface area contributed by atoms with Crippen LogP contribution in [-0.4, -0.2) is 13.2 Å². The SMILES string of the molecule is Cc1cccc(N(c2ccccc2)c2cccc3c2c2cccc4c5c(N(c6ccccc6)c6cccc([SiH](C)C)c6)cccc5n3c24)c1. The third-order valence-corrected chi connectivity index (χ3v) is 11.6. The molecular weight excluding hydrogens is 611 g/mol. The molecule has 0 atom stereocenters. The van der Waals surface area contributed by atoms with E-state index in [9.17, 15) is 0 Å². The summed E-state index contributed by atoms with van der Waals surface area (Å²) >= 11 is 0. The van der Waals surface area contributed by atoms with Gasteiger partial charge in [-0.3, -0.25) is 0 Å². The van der Waals surface area contributed by atoms with Gasteiger partial charge in [-0.2, -0.15) is 0 Å². The second kappa shape index (κ2) is 11.7. The monoisotopic (exact) mass is 647 g/mol. The lowest BCUT2D eigenvalue weighted by molar-refractivity contribution is 1.28. The predicted molar refractivity (Wildman–Crippen MR) is 214 cm³/mol. The average molecular weight is 648 g/mol. The maximum absolute atomic E-state index is 2.50. The van der Waals surface area contributed by atoms with E-state index in [4.69, 9.17) is 0 Å². The van der Waals surface area contributed by atoms with E-state index < -0.39 is 8.80 Å². The minimum Gasteiger partial charge on any atom is -0.310 e. The molecule has 0 amide bonds. The van der Waals surface area contributed by atoms with Crippen molar-refractivity contribution in [3.8, 4) is 0 Å². The summed E-state index contributed by atoms with van der Waals surface area (Å²) in [5.74, 6) is 0. The average Bonchev–Trinajstić information content (AvgIpc) is 3.67. The Balaban J connectivity index is 1.35. The molecule has 236 valence electrons. The standard InChI is InChI=1S/C45H37N3Si/c1-31-15-10-20-34(29-31)46(32-16-6-4-7-17-32)39-25-13-27-41-43(39)37-23-12-24-38-44-40(26-14-28-42(44)48(41)45(37)38)47(33-18-8-5-9-19-33)35-21-11-22-36(30-35)49(2)3/h4-30,49H,1-3H3. The normalized spacial score (nSPS) is 11.8. The Hall–Kier alpha value is -5.84. The van der Waals surface area contributed by atoms with Crippen LogP contribution in [0.3, 0.4) is 0 Å².